The molecule has 0 saturated heterocycles. The number of carbonyl (C=O) groups excluding carboxylic acids is 1. The molecule has 5 rings (SSSR count). The molecule has 4 aromatic rings. The zero-order valence-electron chi connectivity index (χ0n) is 18.6. The quantitative estimate of drug-likeness (QED) is 0.236. The lowest BCUT2D eigenvalue weighted by Gasteiger charge is -2.12. The van der Waals surface area contributed by atoms with Crippen LogP contribution in [0.1, 0.15) is 16.7 Å². The lowest BCUT2D eigenvalue weighted by Crippen LogP contribution is -2.21. The number of nitrogens with zero attached hydrogens (tertiary/aromatic N) is 2. The van der Waals surface area contributed by atoms with Gasteiger partial charge in [0.25, 0.3) is 5.91 Å². The van der Waals surface area contributed by atoms with Crippen LogP contribution in [0.3, 0.4) is 0 Å². The van der Waals surface area contributed by atoms with Crippen molar-refractivity contribution in [2.24, 2.45) is 5.10 Å². The van der Waals surface area contributed by atoms with Crippen LogP contribution in [0.25, 0.3) is 6.08 Å². The smallest absolute Gasteiger partial charge is 0.281 e. The highest BCUT2D eigenvalue weighted by Crippen LogP contribution is 2.31. The van der Waals surface area contributed by atoms with Crippen LogP contribution in [0.2, 0.25) is 5.02 Å². The molecule has 0 fully saturated rings. The zero-order valence-corrected chi connectivity index (χ0v) is 20.9. The summed E-state index contributed by atoms with van der Waals surface area (Å²) >= 11 is 9.67. The zero-order chi connectivity index (χ0) is 24.2. The van der Waals surface area contributed by atoms with Crippen molar-refractivity contribution >= 4 is 50.9 Å². The number of rotatable bonds is 6. The number of para-hydroxylation sites is 1. The first kappa shape index (κ1) is 23.1. The third kappa shape index (κ3) is 5.21. The highest BCUT2D eigenvalue weighted by atomic mass is 79.9. The van der Waals surface area contributed by atoms with Crippen molar-refractivity contribution in [3.8, 4) is 5.75 Å². The van der Waals surface area contributed by atoms with Crippen LogP contribution in [0, 0.1) is 0 Å². The van der Waals surface area contributed by atoms with Gasteiger partial charge in [0, 0.05) is 20.6 Å². The number of amides is 1. The van der Waals surface area contributed by atoms with E-state index in [-0.39, 0.29) is 5.91 Å². The summed E-state index contributed by atoms with van der Waals surface area (Å²) in [6.45, 7) is 0.349. The number of ether oxygens (including phenoxy) is 1. The van der Waals surface area contributed by atoms with Crippen LogP contribution in [-0.2, 0) is 11.4 Å². The van der Waals surface area contributed by atoms with Gasteiger partial charge in [-0.05, 0) is 54.1 Å². The van der Waals surface area contributed by atoms with E-state index in [2.05, 4.69) is 15.9 Å². The Bertz CT molecular complexity index is 1440. The summed E-state index contributed by atoms with van der Waals surface area (Å²) in [6.07, 6.45) is 1.84. The van der Waals surface area contributed by atoms with Gasteiger partial charge in [0.2, 0.25) is 0 Å². The molecule has 1 amide bonds. The molecular formula is C29H20BrClN2O2. The van der Waals surface area contributed by atoms with E-state index >= 15 is 0 Å². The predicted octanol–water partition coefficient (Wildman–Crippen LogP) is 7.52. The molecule has 1 aliphatic heterocycles. The average Bonchev–Trinajstić information content (AvgIpc) is 3.20. The molecule has 1 aliphatic rings. The fraction of sp³-hybridized carbons (Fsp3) is 0.0345. The maximum atomic E-state index is 13.6. The molecule has 0 saturated carbocycles. The summed E-state index contributed by atoms with van der Waals surface area (Å²) in [6, 6.07) is 32.4. The summed E-state index contributed by atoms with van der Waals surface area (Å²) in [5.74, 6) is 0.454. The third-order valence-electron chi connectivity index (χ3n) is 5.48. The van der Waals surface area contributed by atoms with Gasteiger partial charge in [0.1, 0.15) is 18.1 Å². The number of carbonyl (C=O) groups is 1. The van der Waals surface area contributed by atoms with Gasteiger partial charge in [0.15, 0.2) is 0 Å². The molecule has 1 heterocycles. The summed E-state index contributed by atoms with van der Waals surface area (Å²) in [5.41, 5.74) is 4.40. The maximum Gasteiger partial charge on any atom is 0.281 e. The minimum Gasteiger partial charge on any atom is -0.488 e. The molecule has 0 atom stereocenters. The summed E-state index contributed by atoms with van der Waals surface area (Å²) < 4.78 is 7.02. The molecule has 4 aromatic carbocycles. The van der Waals surface area contributed by atoms with E-state index in [9.17, 15) is 4.79 Å². The van der Waals surface area contributed by atoms with Crippen molar-refractivity contribution in [2.75, 3.05) is 5.01 Å². The minimum absolute atomic E-state index is 0.198. The van der Waals surface area contributed by atoms with Gasteiger partial charge in [-0.3, -0.25) is 4.79 Å². The van der Waals surface area contributed by atoms with E-state index < -0.39 is 0 Å². The van der Waals surface area contributed by atoms with Gasteiger partial charge in [-0.2, -0.15) is 10.1 Å². The molecule has 35 heavy (non-hydrogen) atoms. The van der Waals surface area contributed by atoms with E-state index in [4.69, 9.17) is 21.4 Å². The van der Waals surface area contributed by atoms with Crippen LogP contribution in [0.4, 0.5) is 5.69 Å². The predicted molar refractivity (Wildman–Crippen MR) is 145 cm³/mol. The number of hydrogen-bond donors (Lipinski definition) is 0. The maximum absolute atomic E-state index is 13.6. The largest absolute Gasteiger partial charge is 0.488 e. The Morgan fingerprint density at radius 3 is 2.37 bits per heavy atom. The van der Waals surface area contributed by atoms with E-state index in [1.807, 2.05) is 109 Å². The van der Waals surface area contributed by atoms with Crippen molar-refractivity contribution in [1.29, 1.82) is 0 Å². The van der Waals surface area contributed by atoms with Gasteiger partial charge in [-0.15, -0.1) is 0 Å². The molecule has 0 bridgehead atoms. The molecule has 0 spiro atoms. The molecule has 0 radical (unpaired) electrons. The highest BCUT2D eigenvalue weighted by Gasteiger charge is 2.32. The highest BCUT2D eigenvalue weighted by molar-refractivity contribution is 9.10. The van der Waals surface area contributed by atoms with E-state index in [0.29, 0.717) is 34.4 Å². The van der Waals surface area contributed by atoms with Gasteiger partial charge in [-0.25, -0.2) is 0 Å². The second-order valence-electron chi connectivity index (χ2n) is 7.93. The second-order valence-corrected chi connectivity index (χ2v) is 9.28. The SMILES string of the molecule is O=C1/C(=C\c2cc(Br)ccc2OCc2cccc(Cl)c2)C(c2ccccc2)=NN1c1ccccc1. The van der Waals surface area contributed by atoms with E-state index in [0.717, 1.165) is 21.2 Å². The molecule has 0 N–H and O–H groups in total. The molecule has 172 valence electrons. The number of anilines is 1. The summed E-state index contributed by atoms with van der Waals surface area (Å²) in [5, 5.41) is 6.81. The molecule has 4 nitrogen and oxygen atoms in total. The van der Waals surface area contributed by atoms with Crippen molar-refractivity contribution < 1.29 is 9.53 Å². The first-order chi connectivity index (χ1) is 17.1. The fourth-order valence-electron chi connectivity index (χ4n) is 3.81. The third-order valence-corrected chi connectivity index (χ3v) is 6.21. The van der Waals surface area contributed by atoms with Crippen LogP contribution in [-0.4, -0.2) is 11.6 Å². The van der Waals surface area contributed by atoms with Crippen LogP contribution in [0.15, 0.2) is 118 Å². The van der Waals surface area contributed by atoms with Crippen molar-refractivity contribution in [3.63, 3.8) is 0 Å². The monoisotopic (exact) mass is 542 g/mol. The number of benzene rings is 4. The van der Waals surface area contributed by atoms with Crippen molar-refractivity contribution in [2.45, 2.75) is 6.61 Å². The van der Waals surface area contributed by atoms with Crippen LogP contribution >= 0.6 is 27.5 Å². The first-order valence-corrected chi connectivity index (χ1v) is 12.2. The molecule has 0 aliphatic carbocycles. The van der Waals surface area contributed by atoms with Gasteiger partial charge >= 0.3 is 0 Å². The number of halogens is 2. The Hall–Kier alpha value is -3.67. The minimum atomic E-state index is -0.198. The molecule has 0 unspecified atom stereocenters. The Kier molecular flexibility index (Phi) is 6.80. The Balaban J connectivity index is 1.54. The van der Waals surface area contributed by atoms with Crippen molar-refractivity contribution in [3.05, 3.63) is 135 Å². The lowest BCUT2D eigenvalue weighted by atomic mass is 10.00. The van der Waals surface area contributed by atoms with Crippen LogP contribution < -0.4 is 9.75 Å². The second kappa shape index (κ2) is 10.3. The van der Waals surface area contributed by atoms with Gasteiger partial charge < -0.3 is 4.74 Å². The topological polar surface area (TPSA) is 41.9 Å². The Labute approximate surface area is 217 Å². The standard InChI is InChI=1S/C29H20BrClN2O2/c30-23-14-15-27(35-19-20-8-7-11-24(31)16-20)22(17-23)18-26-28(21-9-3-1-4-10-21)32-33(29(26)34)25-12-5-2-6-13-25/h1-18H,19H2/b26-18-. The normalized spacial score (nSPS) is 14.3. The Morgan fingerprint density at radius 1 is 0.886 bits per heavy atom. The summed E-state index contributed by atoms with van der Waals surface area (Å²) in [7, 11) is 0. The molecular weight excluding hydrogens is 524 g/mol. The van der Waals surface area contributed by atoms with E-state index in [1.54, 1.807) is 0 Å². The van der Waals surface area contributed by atoms with Gasteiger partial charge in [0.05, 0.1) is 11.3 Å². The molecule has 6 heteroatoms. The average molecular weight is 544 g/mol. The van der Waals surface area contributed by atoms with E-state index in [1.165, 1.54) is 5.01 Å². The number of hydrogen-bond acceptors (Lipinski definition) is 3. The first-order valence-electron chi connectivity index (χ1n) is 11.0. The summed E-state index contributed by atoms with van der Waals surface area (Å²) in [4.78, 5) is 13.6. The number of hydrazone groups is 1. The van der Waals surface area contributed by atoms with Crippen LogP contribution in [0.5, 0.6) is 5.75 Å². The Morgan fingerprint density at radius 2 is 1.63 bits per heavy atom. The molecule has 0 aromatic heterocycles. The van der Waals surface area contributed by atoms with Gasteiger partial charge in [-0.1, -0.05) is 88.2 Å². The van der Waals surface area contributed by atoms with Crippen molar-refractivity contribution in [1.82, 2.24) is 0 Å². The fourth-order valence-corrected chi connectivity index (χ4v) is 4.40. The lowest BCUT2D eigenvalue weighted by molar-refractivity contribution is -0.114.